The molecule has 0 aliphatic carbocycles. The average Bonchev–Trinajstić information content (AvgIpc) is 2.51. The first-order valence-corrected chi connectivity index (χ1v) is 5.29. The number of allylic oxidation sites excluding steroid dienone is 1. The third-order valence-corrected chi connectivity index (χ3v) is 1.66. The molecular weight excluding hydrogens is 170 g/mol. The Morgan fingerprint density at radius 1 is 1.21 bits per heavy atom. The second-order valence-electron chi connectivity index (χ2n) is 4.09. The minimum Gasteiger partial charge on any atom is -0.309 e. The van der Waals surface area contributed by atoms with Crippen LogP contribution in [0.3, 0.4) is 0 Å². The topological polar surface area (TPSA) is 12.0 Å². The second kappa shape index (κ2) is 7.57. The summed E-state index contributed by atoms with van der Waals surface area (Å²) >= 11 is 0. The highest BCUT2D eigenvalue weighted by Crippen LogP contribution is 2.10. The van der Waals surface area contributed by atoms with Crippen molar-refractivity contribution in [2.45, 2.75) is 27.7 Å². The van der Waals surface area contributed by atoms with E-state index in [1.54, 1.807) is 0 Å². The Kier molecular flexibility index (Phi) is 7.13. The highest BCUT2D eigenvalue weighted by Gasteiger charge is 2.06. The first-order chi connectivity index (χ1) is 6.61. The Labute approximate surface area is 88.6 Å². The number of hydrogen-bond donors (Lipinski definition) is 1. The molecule has 0 amide bonds. The van der Waals surface area contributed by atoms with Gasteiger partial charge in [-0.2, -0.15) is 0 Å². The minimum absolute atomic E-state index is 0.833. The summed E-state index contributed by atoms with van der Waals surface area (Å²) in [7, 11) is 0. The molecule has 0 unspecified atom stereocenters. The fourth-order valence-electron chi connectivity index (χ4n) is 1.13. The zero-order valence-corrected chi connectivity index (χ0v) is 9.93. The van der Waals surface area contributed by atoms with Crippen molar-refractivity contribution in [1.29, 1.82) is 0 Å². The lowest BCUT2D eigenvalue weighted by Gasteiger charge is -1.91. The Morgan fingerprint density at radius 2 is 1.71 bits per heavy atom. The van der Waals surface area contributed by atoms with Crippen molar-refractivity contribution < 1.29 is 0 Å². The van der Waals surface area contributed by atoms with E-state index in [0.717, 1.165) is 19.0 Å². The molecule has 80 valence electrons. The molecule has 1 N–H and O–H groups in total. The van der Waals surface area contributed by atoms with Gasteiger partial charge in [0.25, 0.3) is 0 Å². The molecule has 1 rings (SSSR count). The van der Waals surface area contributed by atoms with Gasteiger partial charge in [-0.05, 0) is 24.0 Å². The van der Waals surface area contributed by atoms with E-state index in [1.165, 1.54) is 11.1 Å². The molecule has 0 aromatic rings. The molecule has 0 saturated heterocycles. The molecule has 0 aromatic carbocycles. The van der Waals surface area contributed by atoms with Crippen LogP contribution in [0.5, 0.6) is 0 Å². The van der Waals surface area contributed by atoms with Crippen LogP contribution in [0.2, 0.25) is 0 Å². The van der Waals surface area contributed by atoms with Crippen LogP contribution < -0.4 is 5.32 Å². The molecule has 0 fully saturated rings. The number of rotatable bonds is 2. The van der Waals surface area contributed by atoms with Crippen molar-refractivity contribution in [3.05, 3.63) is 36.0 Å². The van der Waals surface area contributed by atoms with Gasteiger partial charge in [-0.15, -0.1) is 0 Å². The summed E-state index contributed by atoms with van der Waals surface area (Å²) in [6, 6.07) is 0. The molecule has 0 atom stereocenters. The lowest BCUT2D eigenvalue weighted by Crippen LogP contribution is -2.08. The Hall–Kier alpha value is -0.820. The zero-order valence-electron chi connectivity index (χ0n) is 9.93. The number of nitrogens with one attached hydrogen (secondary N) is 1. The van der Waals surface area contributed by atoms with E-state index < -0.39 is 0 Å². The minimum atomic E-state index is 0.833. The summed E-state index contributed by atoms with van der Waals surface area (Å²) in [6.45, 7) is 14.2. The van der Waals surface area contributed by atoms with E-state index in [-0.39, 0.29) is 0 Å². The fourth-order valence-corrected chi connectivity index (χ4v) is 1.13. The van der Waals surface area contributed by atoms with Crippen LogP contribution in [0, 0.1) is 5.92 Å². The normalized spacial score (nSPS) is 16.1. The predicted molar refractivity (Wildman–Crippen MR) is 65.4 cm³/mol. The van der Waals surface area contributed by atoms with Crippen molar-refractivity contribution in [2.75, 3.05) is 13.1 Å². The van der Waals surface area contributed by atoms with Gasteiger partial charge >= 0.3 is 0 Å². The molecule has 1 nitrogen and oxygen atoms in total. The first kappa shape index (κ1) is 13.2. The lowest BCUT2D eigenvalue weighted by molar-refractivity contribution is 0.737. The molecule has 14 heavy (non-hydrogen) atoms. The van der Waals surface area contributed by atoms with Gasteiger partial charge < -0.3 is 5.32 Å². The van der Waals surface area contributed by atoms with Crippen LogP contribution in [0.25, 0.3) is 0 Å². The fraction of sp³-hybridized carbons (Fsp3) is 0.538. The van der Waals surface area contributed by atoms with Gasteiger partial charge in [0.2, 0.25) is 0 Å². The highest BCUT2D eigenvalue weighted by molar-refractivity contribution is 5.37. The molecule has 1 heteroatoms. The monoisotopic (exact) mass is 193 g/mol. The van der Waals surface area contributed by atoms with Gasteiger partial charge in [0.05, 0.1) is 0 Å². The van der Waals surface area contributed by atoms with Crippen LogP contribution in [-0.2, 0) is 0 Å². The van der Waals surface area contributed by atoms with E-state index in [0.29, 0.717) is 0 Å². The molecule has 1 aliphatic rings. The van der Waals surface area contributed by atoms with Crippen LogP contribution in [0.4, 0.5) is 0 Å². The molecular formula is C13H23N. The van der Waals surface area contributed by atoms with Gasteiger partial charge in [-0.1, -0.05) is 45.6 Å². The predicted octanol–water partition coefficient (Wildman–Crippen LogP) is 3.31. The van der Waals surface area contributed by atoms with E-state index in [2.05, 4.69) is 44.8 Å². The zero-order chi connectivity index (χ0) is 11.0. The maximum Gasteiger partial charge on any atom is 0.0211 e. The van der Waals surface area contributed by atoms with Crippen molar-refractivity contribution >= 4 is 0 Å². The van der Waals surface area contributed by atoms with Gasteiger partial charge in [-0.25, -0.2) is 0 Å². The van der Waals surface area contributed by atoms with Gasteiger partial charge in [-0.3, -0.25) is 0 Å². The third kappa shape index (κ3) is 5.76. The smallest absolute Gasteiger partial charge is 0.0211 e. The van der Waals surface area contributed by atoms with E-state index >= 15 is 0 Å². The van der Waals surface area contributed by atoms with E-state index in [4.69, 9.17) is 0 Å². The van der Waals surface area contributed by atoms with Crippen molar-refractivity contribution in [2.24, 2.45) is 5.92 Å². The molecule has 1 heterocycles. The average molecular weight is 193 g/mol. The molecule has 1 aliphatic heterocycles. The molecule has 0 radical (unpaired) electrons. The summed E-state index contributed by atoms with van der Waals surface area (Å²) < 4.78 is 0. The third-order valence-electron chi connectivity index (χ3n) is 1.66. The van der Waals surface area contributed by atoms with Crippen molar-refractivity contribution in [3.63, 3.8) is 0 Å². The Balaban J connectivity index is 0.000000364. The SMILES string of the molecule is C=CC1=C(/C=C\C)CNC1.CC(C)C. The van der Waals surface area contributed by atoms with E-state index in [9.17, 15) is 0 Å². The van der Waals surface area contributed by atoms with Crippen LogP contribution in [0.15, 0.2) is 36.0 Å². The quantitative estimate of drug-likeness (QED) is 0.709. The molecule has 0 spiro atoms. The van der Waals surface area contributed by atoms with Crippen LogP contribution >= 0.6 is 0 Å². The van der Waals surface area contributed by atoms with Gasteiger partial charge in [0.1, 0.15) is 0 Å². The lowest BCUT2D eigenvalue weighted by atomic mass is 10.1. The standard InChI is InChI=1S/C9H13N.C4H10/c1-3-5-9-7-10-6-8(9)4-2;1-4(2)3/h3-5,10H,2,6-7H2,1H3;4H,1-3H3/b5-3-;. The Morgan fingerprint density at radius 3 is 2.14 bits per heavy atom. The highest BCUT2D eigenvalue weighted by atomic mass is 14.9. The maximum atomic E-state index is 3.74. The summed E-state index contributed by atoms with van der Waals surface area (Å²) in [4.78, 5) is 0. The van der Waals surface area contributed by atoms with Crippen molar-refractivity contribution in [3.8, 4) is 0 Å². The maximum absolute atomic E-state index is 3.74. The van der Waals surface area contributed by atoms with E-state index in [1.807, 2.05) is 13.0 Å². The summed E-state index contributed by atoms with van der Waals surface area (Å²) in [5.74, 6) is 0.833. The van der Waals surface area contributed by atoms with Crippen LogP contribution in [-0.4, -0.2) is 13.1 Å². The van der Waals surface area contributed by atoms with Crippen LogP contribution in [0.1, 0.15) is 27.7 Å². The Bertz CT molecular complexity index is 219. The van der Waals surface area contributed by atoms with Crippen molar-refractivity contribution in [1.82, 2.24) is 5.32 Å². The molecule has 0 bridgehead atoms. The molecule has 0 aromatic heterocycles. The summed E-state index contributed by atoms with van der Waals surface area (Å²) in [6.07, 6.45) is 6.12. The second-order valence-corrected chi connectivity index (χ2v) is 4.09. The van der Waals surface area contributed by atoms with Gasteiger partial charge in [0.15, 0.2) is 0 Å². The molecule has 0 saturated carbocycles. The first-order valence-electron chi connectivity index (χ1n) is 5.29. The number of hydrogen-bond acceptors (Lipinski definition) is 1. The van der Waals surface area contributed by atoms with Gasteiger partial charge in [0, 0.05) is 13.1 Å². The summed E-state index contributed by atoms with van der Waals surface area (Å²) in [5.41, 5.74) is 2.70. The largest absolute Gasteiger partial charge is 0.309 e. The summed E-state index contributed by atoms with van der Waals surface area (Å²) in [5, 5.41) is 3.26.